The van der Waals surface area contributed by atoms with Crippen LogP contribution in [0.2, 0.25) is 0 Å². The molecule has 104 valence electrons. The van der Waals surface area contributed by atoms with Crippen molar-refractivity contribution in [3.8, 4) is 0 Å². The summed E-state index contributed by atoms with van der Waals surface area (Å²) in [6.07, 6.45) is 0. The summed E-state index contributed by atoms with van der Waals surface area (Å²) in [6.45, 7) is 7.54. The van der Waals surface area contributed by atoms with Crippen molar-refractivity contribution in [3.05, 3.63) is 11.4 Å². The number of nitrogens with one attached hydrogen (secondary N) is 1. The molecule has 0 fully saturated rings. The van der Waals surface area contributed by atoms with Gasteiger partial charge >= 0.3 is 0 Å². The minimum Gasteiger partial charge on any atom is -0.271 e. The Morgan fingerprint density at radius 1 is 1.39 bits per heavy atom. The van der Waals surface area contributed by atoms with Crippen molar-refractivity contribution >= 4 is 21.6 Å². The van der Waals surface area contributed by atoms with Crippen LogP contribution in [0.1, 0.15) is 25.2 Å². The Kier molecular flexibility index (Phi) is 4.46. The predicted octanol–water partition coefficient (Wildman–Crippen LogP) is 1.58. The fraction of sp³-hybridized carbons (Fsp3) is 0.727. The largest absolute Gasteiger partial charge is 0.271 e. The van der Waals surface area contributed by atoms with Gasteiger partial charge in [0.2, 0.25) is 10.0 Å². The van der Waals surface area contributed by atoms with E-state index in [0.29, 0.717) is 23.8 Å². The number of sulfonamides is 1. The highest BCUT2D eigenvalue weighted by molar-refractivity contribution is 7.89. The lowest BCUT2D eigenvalue weighted by Gasteiger charge is -2.21. The zero-order valence-corrected chi connectivity index (χ0v) is 13.0. The first-order valence-corrected chi connectivity index (χ1v) is 7.68. The summed E-state index contributed by atoms with van der Waals surface area (Å²) in [5.74, 6) is 0.389. The van der Waals surface area contributed by atoms with Crippen molar-refractivity contribution in [1.29, 1.82) is 0 Å². The zero-order valence-electron chi connectivity index (χ0n) is 11.4. The number of aryl methyl sites for hydroxylation is 2. The van der Waals surface area contributed by atoms with Crippen LogP contribution < -0.4 is 4.72 Å². The Morgan fingerprint density at radius 3 is 2.33 bits per heavy atom. The zero-order chi connectivity index (χ0) is 14.1. The average Bonchev–Trinajstić information content (AvgIpc) is 2.51. The molecule has 0 radical (unpaired) electrons. The van der Waals surface area contributed by atoms with E-state index in [1.807, 2.05) is 13.8 Å². The highest BCUT2D eigenvalue weighted by Crippen LogP contribution is 2.20. The van der Waals surface area contributed by atoms with Crippen LogP contribution in [0.15, 0.2) is 4.90 Å². The van der Waals surface area contributed by atoms with Gasteiger partial charge in [0.15, 0.2) is 0 Å². The minimum atomic E-state index is -3.54. The SMILES string of the molecule is Cc1nn(C)c(C)c1S(=O)(=O)NCC(C)(C)CCl. The van der Waals surface area contributed by atoms with Gasteiger partial charge in [-0.1, -0.05) is 13.8 Å². The van der Waals surface area contributed by atoms with Crippen molar-refractivity contribution < 1.29 is 8.42 Å². The molecule has 1 rings (SSSR count). The second-order valence-electron chi connectivity index (χ2n) is 5.25. The van der Waals surface area contributed by atoms with Gasteiger partial charge in [-0.05, 0) is 19.3 Å². The average molecular weight is 294 g/mol. The Hall–Kier alpha value is -0.590. The Bertz CT molecular complexity index is 535. The van der Waals surface area contributed by atoms with E-state index in [1.165, 1.54) is 0 Å². The fourth-order valence-corrected chi connectivity index (χ4v) is 3.32. The van der Waals surface area contributed by atoms with E-state index in [1.54, 1.807) is 25.6 Å². The van der Waals surface area contributed by atoms with Gasteiger partial charge in [-0.2, -0.15) is 5.10 Å². The summed E-state index contributed by atoms with van der Waals surface area (Å²) in [5, 5.41) is 4.11. The van der Waals surface area contributed by atoms with Gasteiger partial charge in [0.05, 0.1) is 11.4 Å². The summed E-state index contributed by atoms with van der Waals surface area (Å²) in [7, 11) is -1.81. The van der Waals surface area contributed by atoms with Gasteiger partial charge in [-0.25, -0.2) is 13.1 Å². The van der Waals surface area contributed by atoms with Gasteiger partial charge in [0, 0.05) is 19.5 Å². The first-order chi connectivity index (χ1) is 8.10. The van der Waals surface area contributed by atoms with Gasteiger partial charge in [0.25, 0.3) is 0 Å². The molecule has 0 atom stereocenters. The molecule has 1 heterocycles. The van der Waals surface area contributed by atoms with E-state index >= 15 is 0 Å². The number of rotatable bonds is 5. The lowest BCUT2D eigenvalue weighted by molar-refractivity contribution is 0.414. The molecular weight excluding hydrogens is 274 g/mol. The van der Waals surface area contributed by atoms with Crippen molar-refractivity contribution in [3.63, 3.8) is 0 Å². The number of alkyl halides is 1. The van der Waals surface area contributed by atoms with E-state index in [2.05, 4.69) is 9.82 Å². The van der Waals surface area contributed by atoms with Crippen molar-refractivity contribution in [2.45, 2.75) is 32.6 Å². The van der Waals surface area contributed by atoms with Gasteiger partial charge in [-0.3, -0.25) is 4.68 Å². The third-order valence-corrected chi connectivity index (χ3v) is 5.19. The van der Waals surface area contributed by atoms with Crippen LogP contribution in [0.25, 0.3) is 0 Å². The molecule has 0 saturated carbocycles. The first-order valence-electron chi connectivity index (χ1n) is 5.66. The van der Waals surface area contributed by atoms with Crippen molar-refractivity contribution in [1.82, 2.24) is 14.5 Å². The summed E-state index contributed by atoms with van der Waals surface area (Å²) in [5.41, 5.74) is 0.855. The summed E-state index contributed by atoms with van der Waals surface area (Å²) >= 11 is 5.78. The molecule has 1 N–H and O–H groups in total. The van der Waals surface area contributed by atoms with E-state index in [9.17, 15) is 8.42 Å². The second kappa shape index (κ2) is 5.19. The van der Waals surface area contributed by atoms with Crippen LogP contribution in [0.4, 0.5) is 0 Å². The third kappa shape index (κ3) is 3.24. The lowest BCUT2D eigenvalue weighted by atomic mass is 9.97. The summed E-state index contributed by atoms with van der Waals surface area (Å²) < 4.78 is 28.6. The molecule has 0 bridgehead atoms. The molecule has 0 aliphatic carbocycles. The monoisotopic (exact) mass is 293 g/mol. The lowest BCUT2D eigenvalue weighted by Crippen LogP contribution is -2.35. The van der Waals surface area contributed by atoms with Crippen molar-refractivity contribution in [2.24, 2.45) is 12.5 Å². The van der Waals surface area contributed by atoms with Crippen LogP contribution in [0.3, 0.4) is 0 Å². The number of nitrogens with zero attached hydrogens (tertiary/aromatic N) is 2. The van der Waals surface area contributed by atoms with Crippen LogP contribution in [-0.2, 0) is 17.1 Å². The highest BCUT2D eigenvalue weighted by Gasteiger charge is 2.26. The topological polar surface area (TPSA) is 64.0 Å². The molecule has 0 aromatic carbocycles. The second-order valence-corrected chi connectivity index (χ2v) is 7.22. The Balaban J connectivity index is 3.01. The van der Waals surface area contributed by atoms with Crippen LogP contribution in [0, 0.1) is 19.3 Å². The van der Waals surface area contributed by atoms with E-state index in [0.717, 1.165) is 0 Å². The van der Waals surface area contributed by atoms with E-state index < -0.39 is 10.0 Å². The number of aromatic nitrogens is 2. The molecule has 0 saturated heterocycles. The molecule has 0 aliphatic heterocycles. The molecule has 7 heteroatoms. The minimum absolute atomic E-state index is 0.260. The standard InChI is InChI=1S/C11H20ClN3O2S/c1-8-10(9(2)15(5)14-8)18(16,17)13-7-11(3,4)6-12/h13H,6-7H2,1-5H3. The molecule has 0 aliphatic rings. The molecule has 1 aromatic rings. The fourth-order valence-electron chi connectivity index (χ4n) is 1.55. The molecule has 5 nitrogen and oxygen atoms in total. The summed E-state index contributed by atoms with van der Waals surface area (Å²) in [4.78, 5) is 0.260. The maximum atomic E-state index is 12.2. The molecular formula is C11H20ClN3O2S. The predicted molar refractivity (Wildman–Crippen MR) is 72.4 cm³/mol. The van der Waals surface area contributed by atoms with Gasteiger partial charge in [0.1, 0.15) is 4.90 Å². The quantitative estimate of drug-likeness (QED) is 0.838. The Labute approximate surface area is 114 Å². The van der Waals surface area contributed by atoms with E-state index in [-0.39, 0.29) is 10.3 Å². The van der Waals surface area contributed by atoms with Gasteiger partial charge in [-0.15, -0.1) is 11.6 Å². The van der Waals surface area contributed by atoms with E-state index in [4.69, 9.17) is 11.6 Å². The normalized spacial score (nSPS) is 13.0. The van der Waals surface area contributed by atoms with Crippen LogP contribution >= 0.6 is 11.6 Å². The van der Waals surface area contributed by atoms with Crippen LogP contribution in [-0.4, -0.2) is 30.6 Å². The molecule has 0 unspecified atom stereocenters. The molecule has 0 amide bonds. The first kappa shape index (κ1) is 15.5. The third-order valence-electron chi connectivity index (χ3n) is 2.81. The Morgan fingerprint density at radius 2 is 1.94 bits per heavy atom. The summed E-state index contributed by atoms with van der Waals surface area (Å²) in [6, 6.07) is 0. The highest BCUT2D eigenvalue weighted by atomic mass is 35.5. The number of halogens is 1. The number of hydrogen-bond acceptors (Lipinski definition) is 3. The smallest absolute Gasteiger partial charge is 0.244 e. The molecule has 1 aromatic heterocycles. The number of hydrogen-bond donors (Lipinski definition) is 1. The van der Waals surface area contributed by atoms with Gasteiger partial charge < -0.3 is 0 Å². The molecule has 0 spiro atoms. The maximum Gasteiger partial charge on any atom is 0.244 e. The maximum absolute atomic E-state index is 12.2. The van der Waals surface area contributed by atoms with Crippen LogP contribution in [0.5, 0.6) is 0 Å². The molecule has 18 heavy (non-hydrogen) atoms. The van der Waals surface area contributed by atoms with Crippen molar-refractivity contribution in [2.75, 3.05) is 12.4 Å².